The predicted octanol–water partition coefficient (Wildman–Crippen LogP) is 4.14. The fourth-order valence-corrected chi connectivity index (χ4v) is 2.02. The van der Waals surface area contributed by atoms with Gasteiger partial charge in [-0.15, -0.1) is 0 Å². The molecule has 0 unspecified atom stereocenters. The summed E-state index contributed by atoms with van der Waals surface area (Å²) in [6.07, 6.45) is 3.39. The molecule has 0 aliphatic heterocycles. The third kappa shape index (κ3) is 3.23. The first-order valence-corrected chi connectivity index (χ1v) is 6.67. The van der Waals surface area contributed by atoms with E-state index < -0.39 is 0 Å². The van der Waals surface area contributed by atoms with Gasteiger partial charge in [0, 0.05) is 11.8 Å². The van der Waals surface area contributed by atoms with Crippen LogP contribution >= 0.6 is 0 Å². The topological polar surface area (TPSA) is 45.5 Å². The molecule has 2 rings (SSSR count). The molecule has 0 aliphatic carbocycles. The van der Waals surface area contributed by atoms with Crippen molar-refractivity contribution in [2.75, 3.05) is 0 Å². The Balaban J connectivity index is 2.43. The molecule has 0 bridgehead atoms. The average Bonchev–Trinajstić information content (AvgIpc) is 2.39. The first-order valence-electron chi connectivity index (χ1n) is 6.67. The van der Waals surface area contributed by atoms with Crippen LogP contribution in [-0.2, 0) is 5.41 Å². The minimum absolute atomic E-state index is 0.120. The number of aromatic nitrogens is 1. The van der Waals surface area contributed by atoms with E-state index in [0.29, 0.717) is 5.69 Å². The van der Waals surface area contributed by atoms with Gasteiger partial charge < -0.3 is 5.11 Å². The number of phenols is 1. The maximum absolute atomic E-state index is 10.4. The van der Waals surface area contributed by atoms with Crippen molar-refractivity contribution in [2.45, 2.75) is 33.1 Å². The summed E-state index contributed by atoms with van der Waals surface area (Å²) in [5.41, 5.74) is 3.23. The molecular formula is C17H20N2O. The molecule has 2 aromatic rings. The molecule has 0 saturated carbocycles. The van der Waals surface area contributed by atoms with Crippen molar-refractivity contribution in [3.8, 4) is 5.75 Å². The molecule has 1 aromatic heterocycles. The smallest absolute Gasteiger partial charge is 0.144 e. The number of pyridine rings is 1. The van der Waals surface area contributed by atoms with Crippen LogP contribution in [0.15, 0.2) is 41.5 Å². The molecule has 1 heterocycles. The number of phenolic OH excluding ortho intramolecular Hbond substituents is 1. The summed E-state index contributed by atoms with van der Waals surface area (Å²) >= 11 is 0. The Labute approximate surface area is 120 Å². The van der Waals surface area contributed by atoms with E-state index in [4.69, 9.17) is 0 Å². The first kappa shape index (κ1) is 14.3. The van der Waals surface area contributed by atoms with Crippen molar-refractivity contribution in [3.05, 3.63) is 53.3 Å². The van der Waals surface area contributed by atoms with Crippen molar-refractivity contribution in [1.82, 2.24) is 4.98 Å². The van der Waals surface area contributed by atoms with Crippen LogP contribution in [0.2, 0.25) is 0 Å². The summed E-state index contributed by atoms with van der Waals surface area (Å²) in [7, 11) is 0. The zero-order valence-corrected chi connectivity index (χ0v) is 12.4. The summed E-state index contributed by atoms with van der Waals surface area (Å²) in [4.78, 5) is 8.56. The number of aliphatic imine (C=N–C) groups is 1. The number of rotatable bonds is 2. The monoisotopic (exact) mass is 268 g/mol. The van der Waals surface area contributed by atoms with Crippen LogP contribution in [0.1, 0.15) is 37.6 Å². The lowest BCUT2D eigenvalue weighted by Gasteiger charge is -2.21. The molecule has 3 nitrogen and oxygen atoms in total. The lowest BCUT2D eigenvalue weighted by atomic mass is 9.85. The summed E-state index contributed by atoms with van der Waals surface area (Å²) < 4.78 is 0. The molecule has 0 aliphatic rings. The quantitative estimate of drug-likeness (QED) is 0.832. The van der Waals surface area contributed by atoms with E-state index >= 15 is 0 Å². The Morgan fingerprint density at radius 2 is 1.95 bits per heavy atom. The largest absolute Gasteiger partial charge is 0.505 e. The molecule has 3 heteroatoms. The van der Waals surface area contributed by atoms with Gasteiger partial charge in [0.05, 0.1) is 11.9 Å². The SMILES string of the molecule is Cc1cc(/N=C/c2ccccn2)c(O)c(C(C)(C)C)c1. The van der Waals surface area contributed by atoms with Crippen molar-refractivity contribution in [2.24, 2.45) is 4.99 Å². The molecular weight excluding hydrogens is 248 g/mol. The van der Waals surface area contributed by atoms with E-state index in [2.05, 4.69) is 30.7 Å². The third-order valence-electron chi connectivity index (χ3n) is 3.07. The van der Waals surface area contributed by atoms with Crippen LogP contribution < -0.4 is 0 Å². The highest BCUT2D eigenvalue weighted by atomic mass is 16.3. The third-order valence-corrected chi connectivity index (χ3v) is 3.07. The molecule has 0 spiro atoms. The number of hydrogen-bond donors (Lipinski definition) is 1. The lowest BCUT2D eigenvalue weighted by molar-refractivity contribution is 0.448. The second-order valence-electron chi connectivity index (χ2n) is 5.94. The molecule has 0 fully saturated rings. The molecule has 1 N–H and O–H groups in total. The van der Waals surface area contributed by atoms with E-state index in [9.17, 15) is 5.11 Å². The number of aromatic hydroxyl groups is 1. The van der Waals surface area contributed by atoms with Crippen LogP contribution in [-0.4, -0.2) is 16.3 Å². The standard InChI is InChI=1S/C17H20N2O/c1-12-9-14(17(2,3)4)16(20)15(10-12)19-11-13-7-5-6-8-18-13/h5-11,20H,1-4H3/b19-11+. The highest BCUT2D eigenvalue weighted by Crippen LogP contribution is 2.38. The Morgan fingerprint density at radius 1 is 1.20 bits per heavy atom. The highest BCUT2D eigenvalue weighted by Gasteiger charge is 2.20. The Hall–Kier alpha value is -2.16. The van der Waals surface area contributed by atoms with Gasteiger partial charge in [-0.05, 0) is 36.1 Å². The van der Waals surface area contributed by atoms with Crippen LogP contribution in [0.25, 0.3) is 0 Å². The van der Waals surface area contributed by atoms with E-state index in [1.807, 2.05) is 37.3 Å². The van der Waals surface area contributed by atoms with Crippen molar-refractivity contribution in [3.63, 3.8) is 0 Å². The molecule has 0 saturated heterocycles. The maximum Gasteiger partial charge on any atom is 0.144 e. The molecule has 104 valence electrons. The molecule has 0 amide bonds. The number of nitrogens with zero attached hydrogens (tertiary/aromatic N) is 2. The second kappa shape index (κ2) is 5.45. The van der Waals surface area contributed by atoms with E-state index in [-0.39, 0.29) is 11.2 Å². The van der Waals surface area contributed by atoms with Gasteiger partial charge in [-0.1, -0.05) is 32.9 Å². The summed E-state index contributed by atoms with van der Waals surface area (Å²) in [5, 5.41) is 10.4. The Bertz CT molecular complexity index is 625. The van der Waals surface area contributed by atoms with Crippen LogP contribution in [0.3, 0.4) is 0 Å². The van der Waals surface area contributed by atoms with Gasteiger partial charge in [-0.2, -0.15) is 0 Å². The normalized spacial score (nSPS) is 12.0. The van der Waals surface area contributed by atoms with Crippen LogP contribution in [0.4, 0.5) is 5.69 Å². The van der Waals surface area contributed by atoms with Gasteiger partial charge in [0.2, 0.25) is 0 Å². The van der Waals surface area contributed by atoms with E-state index in [1.54, 1.807) is 12.4 Å². The number of benzene rings is 1. The Morgan fingerprint density at radius 3 is 2.55 bits per heavy atom. The van der Waals surface area contributed by atoms with Gasteiger partial charge >= 0.3 is 0 Å². The molecule has 1 aromatic carbocycles. The van der Waals surface area contributed by atoms with E-state index in [1.165, 1.54) is 0 Å². The maximum atomic E-state index is 10.4. The summed E-state index contributed by atoms with van der Waals surface area (Å²) in [5.74, 6) is 0.246. The molecule has 0 atom stereocenters. The van der Waals surface area contributed by atoms with Gasteiger partial charge in [0.1, 0.15) is 11.4 Å². The fraction of sp³-hybridized carbons (Fsp3) is 0.294. The van der Waals surface area contributed by atoms with Crippen LogP contribution in [0.5, 0.6) is 5.75 Å². The average molecular weight is 268 g/mol. The Kier molecular flexibility index (Phi) is 3.89. The second-order valence-corrected chi connectivity index (χ2v) is 5.94. The minimum Gasteiger partial charge on any atom is -0.505 e. The number of hydrogen-bond acceptors (Lipinski definition) is 3. The van der Waals surface area contributed by atoms with Crippen molar-refractivity contribution in [1.29, 1.82) is 0 Å². The van der Waals surface area contributed by atoms with Gasteiger partial charge in [-0.3, -0.25) is 9.98 Å². The van der Waals surface area contributed by atoms with Gasteiger partial charge in [0.25, 0.3) is 0 Å². The molecule has 20 heavy (non-hydrogen) atoms. The van der Waals surface area contributed by atoms with Gasteiger partial charge in [0.15, 0.2) is 0 Å². The van der Waals surface area contributed by atoms with Crippen molar-refractivity contribution >= 4 is 11.9 Å². The first-order chi connectivity index (χ1) is 9.38. The summed E-state index contributed by atoms with van der Waals surface area (Å²) in [6.45, 7) is 8.24. The summed E-state index contributed by atoms with van der Waals surface area (Å²) in [6, 6.07) is 9.53. The predicted molar refractivity (Wildman–Crippen MR) is 83.0 cm³/mol. The highest BCUT2D eigenvalue weighted by molar-refractivity contribution is 5.80. The number of aryl methyl sites for hydroxylation is 1. The fourth-order valence-electron chi connectivity index (χ4n) is 2.02. The lowest BCUT2D eigenvalue weighted by Crippen LogP contribution is -2.11. The van der Waals surface area contributed by atoms with Crippen molar-refractivity contribution < 1.29 is 5.11 Å². The molecule has 0 radical (unpaired) electrons. The zero-order chi connectivity index (χ0) is 14.8. The van der Waals surface area contributed by atoms with Gasteiger partial charge in [-0.25, -0.2) is 0 Å². The zero-order valence-electron chi connectivity index (χ0n) is 12.4. The minimum atomic E-state index is -0.120. The van der Waals surface area contributed by atoms with Crippen LogP contribution in [0, 0.1) is 6.92 Å². The van der Waals surface area contributed by atoms with E-state index in [0.717, 1.165) is 16.8 Å².